The number of ether oxygens (including phenoxy) is 1. The van der Waals surface area contributed by atoms with Gasteiger partial charge >= 0.3 is 0 Å². The fourth-order valence-corrected chi connectivity index (χ4v) is 2.77. The summed E-state index contributed by atoms with van der Waals surface area (Å²) in [7, 11) is 0. The van der Waals surface area contributed by atoms with Crippen molar-refractivity contribution in [3.05, 3.63) is 23.4 Å². The molecule has 0 radical (unpaired) electrons. The molecule has 1 unspecified atom stereocenters. The normalized spacial score (nSPS) is 22.9. The first kappa shape index (κ1) is 14.6. The number of oxime groups is 1. The van der Waals surface area contributed by atoms with Crippen LogP contribution in [0, 0.1) is 6.92 Å². The Balaban J connectivity index is 2.45. The lowest BCUT2D eigenvalue weighted by atomic mass is 10.0. The Morgan fingerprint density at radius 2 is 2.30 bits per heavy atom. The van der Waals surface area contributed by atoms with Gasteiger partial charge in [0.1, 0.15) is 5.82 Å². The zero-order valence-corrected chi connectivity index (χ0v) is 12.4. The highest BCUT2D eigenvalue weighted by Crippen LogP contribution is 2.28. The van der Waals surface area contributed by atoms with Crippen molar-refractivity contribution in [2.75, 3.05) is 18.0 Å². The Hall–Kier alpha value is -1.82. The number of rotatable bonds is 2. The average Bonchev–Trinajstić information content (AvgIpc) is 2.35. The molecule has 0 bridgehead atoms. The lowest BCUT2D eigenvalue weighted by molar-refractivity contribution is -0.0751. The maximum atomic E-state index is 8.98. The standard InChI is InChI=1S/C14H22N4O2/c1-9-5-6-16-13(11(9)12(15)17-19)18-7-10(2)20-14(3,4)8-18/h5-6,10,19H,7-8H2,1-4H3,(H2,15,17). The Labute approximate surface area is 119 Å². The van der Waals surface area contributed by atoms with Crippen LogP contribution in [-0.2, 0) is 4.74 Å². The Bertz CT molecular complexity index is 528. The predicted octanol–water partition coefficient (Wildman–Crippen LogP) is 1.49. The summed E-state index contributed by atoms with van der Waals surface area (Å²) in [6.45, 7) is 9.49. The highest BCUT2D eigenvalue weighted by molar-refractivity contribution is 6.02. The second-order valence-corrected chi connectivity index (χ2v) is 5.88. The number of hydrogen-bond donors (Lipinski definition) is 2. The third-order valence-electron chi connectivity index (χ3n) is 3.37. The summed E-state index contributed by atoms with van der Waals surface area (Å²) in [6.07, 6.45) is 1.84. The summed E-state index contributed by atoms with van der Waals surface area (Å²) in [5.74, 6) is 0.825. The molecule has 110 valence electrons. The van der Waals surface area contributed by atoms with E-state index in [2.05, 4.69) is 28.9 Å². The SMILES string of the molecule is Cc1ccnc(N2CC(C)OC(C)(C)C2)c1/C(N)=N/O. The van der Waals surface area contributed by atoms with Gasteiger partial charge in [0.25, 0.3) is 0 Å². The molecule has 2 rings (SSSR count). The summed E-state index contributed by atoms with van der Waals surface area (Å²) in [5, 5.41) is 12.1. The van der Waals surface area contributed by atoms with E-state index < -0.39 is 0 Å². The lowest BCUT2D eigenvalue weighted by Gasteiger charge is -2.42. The van der Waals surface area contributed by atoms with Crippen molar-refractivity contribution in [1.82, 2.24) is 4.98 Å². The zero-order chi connectivity index (χ0) is 14.9. The second kappa shape index (κ2) is 5.28. The highest BCUT2D eigenvalue weighted by atomic mass is 16.5. The van der Waals surface area contributed by atoms with E-state index in [9.17, 15) is 0 Å². The number of morpholine rings is 1. The van der Waals surface area contributed by atoms with Gasteiger partial charge in [0.2, 0.25) is 0 Å². The van der Waals surface area contributed by atoms with E-state index in [1.807, 2.05) is 19.9 Å². The lowest BCUT2D eigenvalue weighted by Crippen LogP contribution is -2.52. The van der Waals surface area contributed by atoms with Gasteiger partial charge in [-0.25, -0.2) is 4.98 Å². The van der Waals surface area contributed by atoms with Crippen molar-refractivity contribution < 1.29 is 9.94 Å². The van der Waals surface area contributed by atoms with E-state index in [4.69, 9.17) is 15.7 Å². The zero-order valence-electron chi connectivity index (χ0n) is 12.4. The van der Waals surface area contributed by atoms with Gasteiger partial charge < -0.3 is 20.6 Å². The number of hydrogen-bond acceptors (Lipinski definition) is 5. The maximum absolute atomic E-state index is 8.98. The minimum absolute atomic E-state index is 0.0857. The van der Waals surface area contributed by atoms with Crippen molar-refractivity contribution >= 4 is 11.7 Å². The van der Waals surface area contributed by atoms with Crippen LogP contribution in [-0.4, -0.2) is 40.8 Å². The topological polar surface area (TPSA) is 84.0 Å². The summed E-state index contributed by atoms with van der Waals surface area (Å²) < 4.78 is 5.90. The van der Waals surface area contributed by atoms with Gasteiger partial charge in [0.05, 0.1) is 17.3 Å². The molecule has 2 heterocycles. The Kier molecular flexibility index (Phi) is 3.85. The van der Waals surface area contributed by atoms with E-state index in [1.165, 1.54) is 0 Å². The van der Waals surface area contributed by atoms with Crippen LogP contribution in [0.25, 0.3) is 0 Å². The van der Waals surface area contributed by atoms with Crippen LogP contribution in [0.15, 0.2) is 17.4 Å². The molecule has 3 N–H and O–H groups in total. The van der Waals surface area contributed by atoms with Crippen LogP contribution in [0.2, 0.25) is 0 Å². The molecule has 6 heteroatoms. The van der Waals surface area contributed by atoms with Crippen molar-refractivity contribution in [1.29, 1.82) is 0 Å². The monoisotopic (exact) mass is 278 g/mol. The summed E-state index contributed by atoms with van der Waals surface area (Å²) >= 11 is 0. The number of nitrogens with zero attached hydrogens (tertiary/aromatic N) is 3. The number of amidine groups is 1. The van der Waals surface area contributed by atoms with Gasteiger partial charge in [-0.15, -0.1) is 0 Å². The minimum atomic E-state index is -0.258. The number of aryl methyl sites for hydroxylation is 1. The van der Waals surface area contributed by atoms with Gasteiger partial charge in [-0.05, 0) is 39.3 Å². The van der Waals surface area contributed by atoms with Crippen LogP contribution in [0.1, 0.15) is 31.9 Å². The third kappa shape index (κ3) is 2.85. The third-order valence-corrected chi connectivity index (χ3v) is 3.37. The van der Waals surface area contributed by atoms with Crippen molar-refractivity contribution in [3.63, 3.8) is 0 Å². The molecule has 1 aromatic heterocycles. The molecule has 1 saturated heterocycles. The number of nitrogens with two attached hydrogens (primary N) is 1. The molecule has 0 amide bonds. The van der Waals surface area contributed by atoms with E-state index >= 15 is 0 Å². The largest absolute Gasteiger partial charge is 0.409 e. The van der Waals surface area contributed by atoms with E-state index in [0.29, 0.717) is 12.1 Å². The molecule has 20 heavy (non-hydrogen) atoms. The summed E-state index contributed by atoms with van der Waals surface area (Å²) in [4.78, 5) is 6.56. The molecule has 1 fully saturated rings. The molecule has 1 atom stereocenters. The van der Waals surface area contributed by atoms with Crippen LogP contribution in [0.4, 0.5) is 5.82 Å². The number of aromatic nitrogens is 1. The molecule has 0 aliphatic carbocycles. The first-order valence-corrected chi connectivity index (χ1v) is 6.70. The van der Waals surface area contributed by atoms with Crippen LogP contribution in [0.5, 0.6) is 0 Å². The average molecular weight is 278 g/mol. The van der Waals surface area contributed by atoms with Crippen LogP contribution in [0.3, 0.4) is 0 Å². The quantitative estimate of drug-likeness (QED) is 0.370. The van der Waals surface area contributed by atoms with Gasteiger partial charge in [-0.3, -0.25) is 0 Å². The minimum Gasteiger partial charge on any atom is -0.409 e. The maximum Gasteiger partial charge on any atom is 0.174 e. The molecule has 1 aliphatic heterocycles. The highest BCUT2D eigenvalue weighted by Gasteiger charge is 2.33. The number of anilines is 1. The molecule has 0 aromatic carbocycles. The van der Waals surface area contributed by atoms with Gasteiger partial charge in [-0.1, -0.05) is 5.16 Å². The fraction of sp³-hybridized carbons (Fsp3) is 0.571. The van der Waals surface area contributed by atoms with Crippen molar-refractivity contribution in [2.24, 2.45) is 10.9 Å². The summed E-state index contributed by atoms with van der Waals surface area (Å²) in [6, 6.07) is 1.85. The fourth-order valence-electron chi connectivity index (χ4n) is 2.77. The van der Waals surface area contributed by atoms with Gasteiger partial charge in [0, 0.05) is 19.3 Å². The first-order valence-electron chi connectivity index (χ1n) is 6.70. The first-order chi connectivity index (χ1) is 9.34. The van der Waals surface area contributed by atoms with E-state index in [1.54, 1.807) is 6.20 Å². The molecular formula is C14H22N4O2. The number of pyridine rings is 1. The second-order valence-electron chi connectivity index (χ2n) is 5.88. The van der Waals surface area contributed by atoms with Gasteiger partial charge in [-0.2, -0.15) is 0 Å². The van der Waals surface area contributed by atoms with Crippen LogP contribution < -0.4 is 10.6 Å². The predicted molar refractivity (Wildman–Crippen MR) is 78.3 cm³/mol. The van der Waals surface area contributed by atoms with Crippen LogP contribution >= 0.6 is 0 Å². The molecule has 1 aromatic rings. The molecule has 0 spiro atoms. The summed E-state index contributed by atoms with van der Waals surface area (Å²) in [5.41, 5.74) is 7.16. The Morgan fingerprint density at radius 1 is 1.60 bits per heavy atom. The Morgan fingerprint density at radius 3 is 2.90 bits per heavy atom. The molecular weight excluding hydrogens is 256 g/mol. The molecule has 6 nitrogen and oxygen atoms in total. The van der Waals surface area contributed by atoms with Crippen molar-refractivity contribution in [3.8, 4) is 0 Å². The molecule has 1 aliphatic rings. The smallest absolute Gasteiger partial charge is 0.174 e. The van der Waals surface area contributed by atoms with E-state index in [0.717, 1.165) is 17.9 Å². The van der Waals surface area contributed by atoms with Crippen molar-refractivity contribution in [2.45, 2.75) is 39.4 Å². The van der Waals surface area contributed by atoms with E-state index in [-0.39, 0.29) is 17.5 Å². The molecule has 0 saturated carbocycles. The van der Waals surface area contributed by atoms with Gasteiger partial charge in [0.15, 0.2) is 5.84 Å².